The van der Waals surface area contributed by atoms with Gasteiger partial charge in [-0.1, -0.05) is 13.8 Å². The highest BCUT2D eigenvalue weighted by Gasteiger charge is 2.27. The Hall–Kier alpha value is -0.130. The SMILES string of the molecule is CC(C)CN1CCC[C@H](S(N)(=O)=O)C1. The molecule has 0 aliphatic carbocycles. The third-order valence-electron chi connectivity index (χ3n) is 2.55. The van der Waals surface area contributed by atoms with E-state index in [1.54, 1.807) is 0 Å². The van der Waals surface area contributed by atoms with E-state index in [1.807, 2.05) is 0 Å². The standard InChI is InChI=1S/C9H20N2O2S/c1-8(2)6-11-5-3-4-9(7-11)14(10,12)13/h8-9H,3-7H2,1-2H3,(H2,10,12,13)/t9-/m0/s1. The molecular weight excluding hydrogens is 200 g/mol. The third kappa shape index (κ3) is 3.55. The van der Waals surface area contributed by atoms with Gasteiger partial charge in [-0.3, -0.25) is 0 Å². The quantitative estimate of drug-likeness (QED) is 0.748. The topological polar surface area (TPSA) is 63.4 Å². The first-order valence-electron chi connectivity index (χ1n) is 5.13. The van der Waals surface area contributed by atoms with Gasteiger partial charge in [-0.15, -0.1) is 0 Å². The van der Waals surface area contributed by atoms with E-state index < -0.39 is 10.0 Å². The van der Waals surface area contributed by atoms with Crippen molar-refractivity contribution >= 4 is 10.0 Å². The molecule has 2 N–H and O–H groups in total. The summed E-state index contributed by atoms with van der Waals surface area (Å²) in [7, 11) is -3.34. The summed E-state index contributed by atoms with van der Waals surface area (Å²) in [6, 6.07) is 0. The molecule has 5 heteroatoms. The van der Waals surface area contributed by atoms with Crippen LogP contribution in [0.3, 0.4) is 0 Å². The lowest BCUT2D eigenvalue weighted by atomic mass is 10.1. The first-order chi connectivity index (χ1) is 6.39. The van der Waals surface area contributed by atoms with Crippen LogP contribution in [0.1, 0.15) is 26.7 Å². The van der Waals surface area contributed by atoms with Gasteiger partial charge in [0.2, 0.25) is 10.0 Å². The normalized spacial score (nSPS) is 25.6. The molecule has 0 saturated carbocycles. The molecular formula is C9H20N2O2S. The van der Waals surface area contributed by atoms with Crippen molar-refractivity contribution in [2.24, 2.45) is 11.1 Å². The van der Waals surface area contributed by atoms with Gasteiger partial charge in [0, 0.05) is 13.1 Å². The summed E-state index contributed by atoms with van der Waals surface area (Å²) in [5.74, 6) is 0.578. The average molecular weight is 220 g/mol. The average Bonchev–Trinajstić information content (AvgIpc) is 2.01. The Balaban J connectivity index is 2.52. The summed E-state index contributed by atoms with van der Waals surface area (Å²) in [4.78, 5) is 2.20. The van der Waals surface area contributed by atoms with Crippen molar-refractivity contribution in [3.63, 3.8) is 0 Å². The molecule has 0 spiro atoms. The molecule has 84 valence electrons. The van der Waals surface area contributed by atoms with Crippen molar-refractivity contribution in [3.8, 4) is 0 Å². The van der Waals surface area contributed by atoms with Crippen LogP contribution in [0.2, 0.25) is 0 Å². The molecule has 0 radical (unpaired) electrons. The summed E-state index contributed by atoms with van der Waals surface area (Å²) in [5.41, 5.74) is 0. The van der Waals surface area contributed by atoms with Crippen LogP contribution < -0.4 is 5.14 Å². The van der Waals surface area contributed by atoms with E-state index in [-0.39, 0.29) is 5.25 Å². The van der Waals surface area contributed by atoms with Crippen LogP contribution >= 0.6 is 0 Å². The first-order valence-corrected chi connectivity index (χ1v) is 6.74. The molecule has 1 rings (SSSR count). The fourth-order valence-electron chi connectivity index (χ4n) is 1.96. The van der Waals surface area contributed by atoms with Crippen molar-refractivity contribution in [1.82, 2.24) is 4.90 Å². The molecule has 1 fully saturated rings. The minimum atomic E-state index is -3.34. The van der Waals surface area contributed by atoms with Gasteiger partial charge in [-0.05, 0) is 25.3 Å². The van der Waals surface area contributed by atoms with Gasteiger partial charge in [-0.2, -0.15) is 0 Å². The van der Waals surface area contributed by atoms with Crippen molar-refractivity contribution in [2.45, 2.75) is 31.9 Å². The Morgan fingerprint density at radius 1 is 1.50 bits per heavy atom. The number of rotatable bonds is 3. The highest BCUT2D eigenvalue weighted by Crippen LogP contribution is 2.16. The molecule has 1 aliphatic rings. The fourth-order valence-corrected chi connectivity index (χ4v) is 2.88. The molecule has 0 amide bonds. The van der Waals surface area contributed by atoms with Gasteiger partial charge >= 0.3 is 0 Å². The number of hydrogen-bond acceptors (Lipinski definition) is 3. The van der Waals surface area contributed by atoms with Gasteiger partial charge in [0.05, 0.1) is 5.25 Å². The van der Waals surface area contributed by atoms with Gasteiger partial charge in [0.15, 0.2) is 0 Å². The maximum Gasteiger partial charge on any atom is 0.213 e. The smallest absolute Gasteiger partial charge is 0.213 e. The number of hydrogen-bond donors (Lipinski definition) is 1. The number of primary sulfonamides is 1. The molecule has 4 nitrogen and oxygen atoms in total. The predicted molar refractivity (Wildman–Crippen MR) is 57.4 cm³/mol. The second-order valence-electron chi connectivity index (χ2n) is 4.51. The van der Waals surface area contributed by atoms with E-state index in [9.17, 15) is 8.42 Å². The van der Waals surface area contributed by atoms with Crippen molar-refractivity contribution in [2.75, 3.05) is 19.6 Å². The number of piperidine rings is 1. The highest BCUT2D eigenvalue weighted by atomic mass is 32.2. The Labute approximate surface area is 86.5 Å². The zero-order valence-electron chi connectivity index (χ0n) is 8.94. The summed E-state index contributed by atoms with van der Waals surface area (Å²) in [6.07, 6.45) is 1.65. The van der Waals surface area contributed by atoms with Crippen LogP contribution in [0, 0.1) is 5.92 Å². The molecule has 0 aromatic heterocycles. The number of likely N-dealkylation sites (tertiary alicyclic amines) is 1. The van der Waals surface area contributed by atoms with Crippen molar-refractivity contribution < 1.29 is 8.42 Å². The molecule has 0 bridgehead atoms. The van der Waals surface area contributed by atoms with E-state index in [4.69, 9.17) is 5.14 Å². The summed E-state index contributed by atoms with van der Waals surface area (Å²) >= 11 is 0. The zero-order chi connectivity index (χ0) is 10.8. The van der Waals surface area contributed by atoms with E-state index in [0.29, 0.717) is 18.9 Å². The predicted octanol–water partition coefficient (Wildman–Crippen LogP) is 0.395. The van der Waals surface area contributed by atoms with E-state index in [1.165, 1.54) is 0 Å². The largest absolute Gasteiger partial charge is 0.302 e. The fraction of sp³-hybridized carbons (Fsp3) is 1.00. The van der Waals surface area contributed by atoms with Crippen LogP contribution in [-0.2, 0) is 10.0 Å². The second kappa shape index (κ2) is 4.59. The zero-order valence-corrected chi connectivity index (χ0v) is 9.76. The van der Waals surface area contributed by atoms with E-state index in [2.05, 4.69) is 18.7 Å². The Bertz CT molecular complexity index is 275. The Kier molecular flexibility index (Phi) is 3.92. The Morgan fingerprint density at radius 2 is 2.14 bits per heavy atom. The van der Waals surface area contributed by atoms with Crippen LogP contribution in [0.15, 0.2) is 0 Å². The highest BCUT2D eigenvalue weighted by molar-refractivity contribution is 7.89. The first kappa shape index (κ1) is 11.9. The van der Waals surface area contributed by atoms with Crippen molar-refractivity contribution in [3.05, 3.63) is 0 Å². The lowest BCUT2D eigenvalue weighted by Gasteiger charge is -2.32. The van der Waals surface area contributed by atoms with Crippen LogP contribution in [0.5, 0.6) is 0 Å². The van der Waals surface area contributed by atoms with Gasteiger partial charge < -0.3 is 4.90 Å². The van der Waals surface area contributed by atoms with Crippen molar-refractivity contribution in [1.29, 1.82) is 0 Å². The number of sulfonamides is 1. The molecule has 1 atom stereocenters. The van der Waals surface area contributed by atoms with Crippen LogP contribution in [0.25, 0.3) is 0 Å². The summed E-state index contributed by atoms with van der Waals surface area (Å²) in [5, 5.41) is 4.80. The second-order valence-corrected chi connectivity index (χ2v) is 6.35. The summed E-state index contributed by atoms with van der Waals surface area (Å²) < 4.78 is 22.3. The molecule has 0 unspecified atom stereocenters. The maximum atomic E-state index is 11.2. The third-order valence-corrected chi connectivity index (χ3v) is 3.86. The minimum Gasteiger partial charge on any atom is -0.302 e. The van der Waals surface area contributed by atoms with Gasteiger partial charge in [-0.25, -0.2) is 13.6 Å². The molecule has 1 heterocycles. The monoisotopic (exact) mass is 220 g/mol. The number of nitrogens with zero attached hydrogens (tertiary/aromatic N) is 1. The summed E-state index contributed by atoms with van der Waals surface area (Å²) in [6.45, 7) is 6.86. The van der Waals surface area contributed by atoms with E-state index in [0.717, 1.165) is 19.5 Å². The lowest BCUT2D eigenvalue weighted by molar-refractivity contribution is 0.207. The molecule has 1 aliphatic heterocycles. The van der Waals surface area contributed by atoms with E-state index >= 15 is 0 Å². The lowest BCUT2D eigenvalue weighted by Crippen LogP contribution is -2.45. The van der Waals surface area contributed by atoms with Crippen LogP contribution in [0.4, 0.5) is 0 Å². The van der Waals surface area contributed by atoms with Gasteiger partial charge in [0.25, 0.3) is 0 Å². The van der Waals surface area contributed by atoms with Crippen LogP contribution in [-0.4, -0.2) is 38.2 Å². The maximum absolute atomic E-state index is 11.2. The molecule has 0 aromatic carbocycles. The number of nitrogens with two attached hydrogens (primary N) is 1. The Morgan fingerprint density at radius 3 is 2.64 bits per heavy atom. The van der Waals surface area contributed by atoms with Gasteiger partial charge in [0.1, 0.15) is 0 Å². The molecule has 0 aromatic rings. The minimum absolute atomic E-state index is 0.352. The molecule has 14 heavy (non-hydrogen) atoms. The molecule has 1 saturated heterocycles.